The van der Waals surface area contributed by atoms with E-state index >= 15 is 0 Å². The monoisotopic (exact) mass is 411 g/mol. The molecule has 5 nitrogen and oxygen atoms in total. The van der Waals surface area contributed by atoms with Crippen molar-refractivity contribution in [2.45, 2.75) is 12.5 Å². The van der Waals surface area contributed by atoms with Crippen molar-refractivity contribution in [2.75, 3.05) is 45.9 Å². The summed E-state index contributed by atoms with van der Waals surface area (Å²) in [6.45, 7) is 6.94. The number of piperazine rings is 1. The van der Waals surface area contributed by atoms with Crippen LogP contribution >= 0.6 is 11.6 Å². The Kier molecular flexibility index (Phi) is 5.36. The second kappa shape index (κ2) is 8.27. The first-order valence-electron chi connectivity index (χ1n) is 10.3. The third-order valence-corrected chi connectivity index (χ3v) is 6.16. The minimum Gasteiger partial charge on any atom is -0.486 e. The Balaban J connectivity index is 1.10. The number of benzene rings is 2. The van der Waals surface area contributed by atoms with Gasteiger partial charge in [-0.25, -0.2) is 0 Å². The summed E-state index contributed by atoms with van der Waals surface area (Å²) in [5.41, 5.74) is 2.50. The average molecular weight is 412 g/mol. The fourth-order valence-corrected chi connectivity index (χ4v) is 4.44. The maximum atomic E-state index is 6.17. The molecule has 1 unspecified atom stereocenters. The summed E-state index contributed by atoms with van der Waals surface area (Å²) in [7, 11) is 0. The molecule has 1 fully saturated rings. The van der Waals surface area contributed by atoms with Crippen molar-refractivity contribution in [2.24, 2.45) is 0 Å². The van der Waals surface area contributed by atoms with E-state index in [1.165, 1.54) is 10.9 Å². The van der Waals surface area contributed by atoms with Crippen LogP contribution in [0.3, 0.4) is 0 Å². The number of aromatic nitrogens is 1. The maximum Gasteiger partial charge on any atom is 0.161 e. The van der Waals surface area contributed by atoms with Gasteiger partial charge < -0.3 is 19.4 Å². The van der Waals surface area contributed by atoms with Gasteiger partial charge in [-0.1, -0.05) is 23.7 Å². The summed E-state index contributed by atoms with van der Waals surface area (Å²) in [4.78, 5) is 8.39. The van der Waals surface area contributed by atoms with Gasteiger partial charge in [0.05, 0.1) is 0 Å². The summed E-state index contributed by atoms with van der Waals surface area (Å²) in [5, 5.41) is 2.04. The highest BCUT2D eigenvalue weighted by Gasteiger charge is 2.25. The molecule has 2 aromatic carbocycles. The Morgan fingerprint density at radius 3 is 2.66 bits per heavy atom. The molecule has 1 saturated heterocycles. The van der Waals surface area contributed by atoms with Crippen LogP contribution in [0.5, 0.6) is 11.5 Å². The summed E-state index contributed by atoms with van der Waals surface area (Å²) in [5.74, 6) is 1.72. The molecule has 3 aromatic rings. The fourth-order valence-electron chi connectivity index (χ4n) is 4.27. The summed E-state index contributed by atoms with van der Waals surface area (Å²) >= 11 is 6.17. The van der Waals surface area contributed by atoms with E-state index in [9.17, 15) is 0 Å². The van der Waals surface area contributed by atoms with E-state index in [2.05, 4.69) is 33.1 Å². The molecule has 0 aliphatic carbocycles. The zero-order chi connectivity index (χ0) is 19.6. The number of rotatable bonds is 5. The van der Waals surface area contributed by atoms with Gasteiger partial charge in [-0.15, -0.1) is 0 Å². The number of nitrogens with zero attached hydrogens (tertiary/aromatic N) is 2. The van der Waals surface area contributed by atoms with Crippen LogP contribution in [0.25, 0.3) is 10.9 Å². The zero-order valence-corrected chi connectivity index (χ0v) is 17.2. The molecule has 2 aliphatic heterocycles. The van der Waals surface area contributed by atoms with Gasteiger partial charge in [-0.05, 0) is 42.3 Å². The number of hydrogen-bond acceptors (Lipinski definition) is 4. The first kappa shape index (κ1) is 18.8. The number of nitrogens with one attached hydrogen (secondary N) is 1. The number of para-hydroxylation sites is 2. The molecule has 1 aromatic heterocycles. The lowest BCUT2D eigenvalue weighted by molar-refractivity contribution is 0.0406. The van der Waals surface area contributed by atoms with Gasteiger partial charge in [-0.2, -0.15) is 0 Å². The summed E-state index contributed by atoms with van der Waals surface area (Å²) < 4.78 is 12.0. The Morgan fingerprint density at radius 2 is 1.79 bits per heavy atom. The molecule has 1 N–H and O–H groups in total. The standard InChI is InChI=1S/C23H26ClN3O2/c24-18-5-6-21-20(13-18)17(14-25-21)7-8-26-9-11-27(12-10-26)15-19-16-28-22-3-1-2-4-23(22)29-19/h1-6,13-14,19,25H,7-12,15-16H2. The van der Waals surface area contributed by atoms with Crippen molar-refractivity contribution in [3.8, 4) is 11.5 Å². The van der Waals surface area contributed by atoms with Crippen molar-refractivity contribution >= 4 is 22.5 Å². The lowest BCUT2D eigenvalue weighted by atomic mass is 10.1. The Hall–Kier alpha value is -2.21. The fraction of sp³-hybridized carbons (Fsp3) is 0.391. The molecule has 1 atom stereocenters. The largest absolute Gasteiger partial charge is 0.486 e. The predicted octanol–water partition coefficient (Wildman–Crippen LogP) is 3.82. The van der Waals surface area contributed by atoms with Gasteiger partial charge in [-0.3, -0.25) is 4.90 Å². The molecule has 3 heterocycles. The molecule has 0 radical (unpaired) electrons. The van der Waals surface area contributed by atoms with Crippen molar-refractivity contribution in [1.82, 2.24) is 14.8 Å². The third kappa shape index (κ3) is 4.22. The van der Waals surface area contributed by atoms with Gasteiger partial charge in [0.25, 0.3) is 0 Å². The molecular formula is C23H26ClN3O2. The topological polar surface area (TPSA) is 40.7 Å². The van der Waals surface area contributed by atoms with E-state index in [-0.39, 0.29) is 6.10 Å². The number of ether oxygens (including phenoxy) is 2. The number of H-pyrrole nitrogens is 1. The van der Waals surface area contributed by atoms with Crippen LogP contribution in [-0.4, -0.2) is 66.8 Å². The molecule has 0 bridgehead atoms. The number of hydrogen-bond donors (Lipinski definition) is 1. The number of halogens is 1. The van der Waals surface area contributed by atoms with Gasteiger partial charge >= 0.3 is 0 Å². The van der Waals surface area contributed by atoms with Crippen molar-refractivity contribution < 1.29 is 9.47 Å². The highest BCUT2D eigenvalue weighted by Crippen LogP contribution is 2.31. The molecule has 6 heteroatoms. The molecule has 152 valence electrons. The van der Waals surface area contributed by atoms with Crippen LogP contribution < -0.4 is 9.47 Å². The van der Waals surface area contributed by atoms with Crippen molar-refractivity contribution in [3.63, 3.8) is 0 Å². The lowest BCUT2D eigenvalue weighted by Crippen LogP contribution is -2.50. The smallest absolute Gasteiger partial charge is 0.161 e. The molecule has 0 spiro atoms. The van der Waals surface area contributed by atoms with Crippen molar-refractivity contribution in [3.05, 3.63) is 59.2 Å². The van der Waals surface area contributed by atoms with Crippen molar-refractivity contribution in [1.29, 1.82) is 0 Å². The van der Waals surface area contributed by atoms with Gasteiger partial charge in [0.1, 0.15) is 12.7 Å². The molecule has 5 rings (SSSR count). The average Bonchev–Trinajstić information content (AvgIpc) is 3.15. The van der Waals surface area contributed by atoms with Crippen LogP contribution in [0.1, 0.15) is 5.56 Å². The molecule has 0 amide bonds. The van der Waals surface area contributed by atoms with E-state index in [1.807, 2.05) is 30.3 Å². The molecule has 2 aliphatic rings. The van der Waals surface area contributed by atoms with Gasteiger partial charge in [0.2, 0.25) is 0 Å². The van der Waals surface area contributed by atoms with Gasteiger partial charge in [0.15, 0.2) is 11.5 Å². The second-order valence-electron chi connectivity index (χ2n) is 7.89. The quantitative estimate of drug-likeness (QED) is 0.693. The summed E-state index contributed by atoms with van der Waals surface area (Å²) in [6.07, 6.45) is 3.26. The SMILES string of the molecule is Clc1ccc2[nH]cc(CCN3CCN(CC4COc5ccccc5O4)CC3)c2c1. The summed E-state index contributed by atoms with van der Waals surface area (Å²) in [6, 6.07) is 14.0. The van der Waals surface area contributed by atoms with E-state index in [4.69, 9.17) is 21.1 Å². The van der Waals surface area contributed by atoms with Crippen LogP contribution in [-0.2, 0) is 6.42 Å². The zero-order valence-electron chi connectivity index (χ0n) is 16.4. The van der Waals surface area contributed by atoms with E-state index in [0.29, 0.717) is 6.61 Å². The second-order valence-corrected chi connectivity index (χ2v) is 8.33. The molecule has 0 saturated carbocycles. The number of fused-ring (bicyclic) bond motifs is 2. The molecule has 29 heavy (non-hydrogen) atoms. The Labute approximate surface area is 176 Å². The van der Waals surface area contributed by atoms with E-state index in [1.54, 1.807) is 0 Å². The van der Waals surface area contributed by atoms with E-state index < -0.39 is 0 Å². The van der Waals surface area contributed by atoms with E-state index in [0.717, 1.165) is 67.7 Å². The predicted molar refractivity (Wildman–Crippen MR) is 116 cm³/mol. The van der Waals surface area contributed by atoms with Crippen LogP contribution in [0.15, 0.2) is 48.7 Å². The van der Waals surface area contributed by atoms with Crippen LogP contribution in [0.2, 0.25) is 5.02 Å². The molecular weight excluding hydrogens is 386 g/mol. The minimum absolute atomic E-state index is 0.104. The van der Waals surface area contributed by atoms with Crippen LogP contribution in [0, 0.1) is 0 Å². The minimum atomic E-state index is 0.104. The third-order valence-electron chi connectivity index (χ3n) is 5.92. The maximum absolute atomic E-state index is 6.17. The Bertz CT molecular complexity index is 981. The first-order valence-corrected chi connectivity index (χ1v) is 10.7. The lowest BCUT2D eigenvalue weighted by Gasteiger charge is -2.37. The highest BCUT2D eigenvalue weighted by molar-refractivity contribution is 6.31. The highest BCUT2D eigenvalue weighted by atomic mass is 35.5. The van der Waals surface area contributed by atoms with Crippen LogP contribution in [0.4, 0.5) is 0 Å². The van der Waals surface area contributed by atoms with Gasteiger partial charge in [0, 0.05) is 61.4 Å². The number of aromatic amines is 1. The first-order chi connectivity index (χ1) is 14.2. The Morgan fingerprint density at radius 1 is 1.00 bits per heavy atom. The normalized spacial score (nSPS) is 20.2.